The molecule has 0 aliphatic carbocycles. The van der Waals surface area contributed by atoms with E-state index < -0.39 is 0 Å². The first kappa shape index (κ1) is 22.8. The molecule has 1 amide bonds. The average Bonchev–Trinajstić information content (AvgIpc) is 3.08. The molecular weight excluding hydrogens is 467 g/mol. The van der Waals surface area contributed by atoms with Crippen LogP contribution in [0.15, 0.2) is 29.3 Å². The zero-order valence-corrected chi connectivity index (χ0v) is 18.4. The van der Waals surface area contributed by atoms with Gasteiger partial charge in [0.15, 0.2) is 5.96 Å². The number of halogens is 2. The van der Waals surface area contributed by atoms with Crippen molar-refractivity contribution in [1.29, 1.82) is 0 Å². The number of nitrogens with one attached hydrogen (secondary N) is 2. The zero-order valence-electron chi connectivity index (χ0n) is 15.3. The van der Waals surface area contributed by atoms with Crippen molar-refractivity contribution in [3.63, 3.8) is 0 Å². The van der Waals surface area contributed by atoms with Crippen LogP contribution in [-0.4, -0.2) is 55.6 Å². The third-order valence-electron chi connectivity index (χ3n) is 3.97. The summed E-state index contributed by atoms with van der Waals surface area (Å²) < 4.78 is 5.65. The maximum Gasteiger partial charge on any atom is 0.222 e. The Morgan fingerprint density at radius 3 is 2.73 bits per heavy atom. The number of amides is 1. The van der Waals surface area contributed by atoms with Crippen LogP contribution >= 0.6 is 35.6 Å². The molecule has 1 atom stereocenters. The van der Waals surface area contributed by atoms with E-state index in [1.54, 1.807) is 12.1 Å². The van der Waals surface area contributed by atoms with E-state index in [4.69, 9.17) is 16.3 Å². The Labute approximate surface area is 177 Å². The summed E-state index contributed by atoms with van der Waals surface area (Å²) in [5.41, 5.74) is 0. The molecule has 0 aromatic heterocycles. The molecule has 26 heavy (non-hydrogen) atoms. The van der Waals surface area contributed by atoms with Crippen LogP contribution in [0.3, 0.4) is 0 Å². The van der Waals surface area contributed by atoms with Crippen LogP contribution in [0.4, 0.5) is 0 Å². The van der Waals surface area contributed by atoms with E-state index in [1.165, 1.54) is 0 Å². The summed E-state index contributed by atoms with van der Waals surface area (Å²) in [6, 6.07) is 7.52. The Balaban J connectivity index is 0.00000338. The van der Waals surface area contributed by atoms with Crippen molar-refractivity contribution >= 4 is 47.4 Å². The first-order valence-corrected chi connectivity index (χ1v) is 9.21. The molecule has 2 N–H and O–H groups in total. The quantitative estimate of drug-likeness (QED) is 0.265. The first-order chi connectivity index (χ1) is 12.1. The lowest BCUT2D eigenvalue weighted by Crippen LogP contribution is -2.45. The Morgan fingerprint density at radius 2 is 2.08 bits per heavy atom. The summed E-state index contributed by atoms with van der Waals surface area (Å²) in [5.74, 6) is 1.75. The molecule has 0 radical (unpaired) electrons. The summed E-state index contributed by atoms with van der Waals surface area (Å²) in [4.78, 5) is 18.2. The fraction of sp³-hybridized carbons (Fsp3) is 0.556. The third-order valence-corrected chi connectivity index (χ3v) is 4.22. The van der Waals surface area contributed by atoms with Crippen molar-refractivity contribution in [3.8, 4) is 5.75 Å². The Kier molecular flexibility index (Phi) is 10.7. The molecule has 1 aliphatic heterocycles. The van der Waals surface area contributed by atoms with Crippen molar-refractivity contribution in [2.75, 3.05) is 32.8 Å². The summed E-state index contributed by atoms with van der Waals surface area (Å²) in [5, 5.41) is 7.33. The Bertz CT molecular complexity index is 583. The standard InChI is InChI=1S/C18H27ClN4O2.HI/c1-3-17(24)23-11-9-15(13-23)22-18(20-4-2)21-10-12-25-16-7-5-14(19)6-8-16;/h5-8,15H,3-4,9-13H2,1-2H3,(H2,20,21,22);1H. The SMILES string of the molecule is CCNC(=NCCOc1ccc(Cl)cc1)NC1CCN(C(=O)CC)C1.I. The van der Waals surface area contributed by atoms with Gasteiger partial charge in [0.25, 0.3) is 0 Å². The van der Waals surface area contributed by atoms with Crippen molar-refractivity contribution in [3.05, 3.63) is 29.3 Å². The number of carbonyl (C=O) groups excluding carboxylic acids is 1. The molecule has 0 saturated carbocycles. The number of carbonyl (C=O) groups is 1. The van der Waals surface area contributed by atoms with Gasteiger partial charge in [-0.2, -0.15) is 0 Å². The number of hydrogen-bond acceptors (Lipinski definition) is 3. The number of aliphatic imine (C=N–C) groups is 1. The van der Waals surface area contributed by atoms with Gasteiger partial charge >= 0.3 is 0 Å². The van der Waals surface area contributed by atoms with E-state index in [-0.39, 0.29) is 35.9 Å². The Hall–Kier alpha value is -1.22. The van der Waals surface area contributed by atoms with Gasteiger partial charge in [-0.3, -0.25) is 4.79 Å². The monoisotopic (exact) mass is 494 g/mol. The molecule has 6 nitrogen and oxygen atoms in total. The van der Waals surface area contributed by atoms with E-state index in [2.05, 4.69) is 15.6 Å². The normalized spacial score (nSPS) is 16.8. The second kappa shape index (κ2) is 12.2. The molecule has 1 fully saturated rings. The smallest absolute Gasteiger partial charge is 0.222 e. The molecule has 0 bridgehead atoms. The van der Waals surface area contributed by atoms with Crippen LogP contribution in [0.25, 0.3) is 0 Å². The summed E-state index contributed by atoms with van der Waals surface area (Å²) in [7, 11) is 0. The van der Waals surface area contributed by atoms with Gasteiger partial charge in [0.1, 0.15) is 12.4 Å². The zero-order chi connectivity index (χ0) is 18.1. The Morgan fingerprint density at radius 1 is 1.35 bits per heavy atom. The lowest BCUT2D eigenvalue weighted by Gasteiger charge is -2.18. The van der Waals surface area contributed by atoms with Gasteiger partial charge < -0.3 is 20.3 Å². The van der Waals surface area contributed by atoms with Crippen molar-refractivity contribution in [1.82, 2.24) is 15.5 Å². The number of ether oxygens (including phenoxy) is 1. The molecule has 1 aliphatic rings. The molecular formula is C18H28ClIN4O2. The second-order valence-electron chi connectivity index (χ2n) is 5.89. The number of benzene rings is 1. The molecule has 1 aromatic rings. The van der Waals surface area contributed by atoms with Gasteiger partial charge in [0, 0.05) is 37.1 Å². The molecule has 1 aromatic carbocycles. The fourth-order valence-electron chi connectivity index (χ4n) is 2.69. The lowest BCUT2D eigenvalue weighted by atomic mass is 10.3. The minimum Gasteiger partial charge on any atom is -0.492 e. The van der Waals surface area contributed by atoms with Crippen molar-refractivity contribution < 1.29 is 9.53 Å². The predicted octanol–water partition coefficient (Wildman–Crippen LogP) is 2.90. The van der Waals surface area contributed by atoms with E-state index in [9.17, 15) is 4.79 Å². The summed E-state index contributed by atoms with van der Waals surface area (Å²) >= 11 is 5.85. The van der Waals surface area contributed by atoms with Gasteiger partial charge in [0.05, 0.1) is 6.54 Å². The number of likely N-dealkylation sites (tertiary alicyclic amines) is 1. The van der Waals surface area contributed by atoms with Crippen LogP contribution in [0.1, 0.15) is 26.7 Å². The average molecular weight is 495 g/mol. The van der Waals surface area contributed by atoms with Gasteiger partial charge in [-0.05, 0) is 37.6 Å². The highest BCUT2D eigenvalue weighted by Crippen LogP contribution is 2.15. The number of hydrogen-bond donors (Lipinski definition) is 2. The minimum absolute atomic E-state index is 0. The lowest BCUT2D eigenvalue weighted by molar-refractivity contribution is -0.129. The molecule has 8 heteroatoms. The van der Waals surface area contributed by atoms with Crippen LogP contribution in [0, 0.1) is 0 Å². The van der Waals surface area contributed by atoms with E-state index >= 15 is 0 Å². The van der Waals surface area contributed by atoms with Crippen molar-refractivity contribution in [2.24, 2.45) is 4.99 Å². The van der Waals surface area contributed by atoms with Crippen molar-refractivity contribution in [2.45, 2.75) is 32.7 Å². The second-order valence-corrected chi connectivity index (χ2v) is 6.32. The van der Waals surface area contributed by atoms with Gasteiger partial charge in [-0.15, -0.1) is 24.0 Å². The highest BCUT2D eigenvalue weighted by Gasteiger charge is 2.25. The first-order valence-electron chi connectivity index (χ1n) is 8.83. The van der Waals surface area contributed by atoms with E-state index in [1.807, 2.05) is 30.9 Å². The molecule has 146 valence electrons. The van der Waals surface area contributed by atoms with Gasteiger partial charge in [-0.1, -0.05) is 18.5 Å². The molecule has 1 heterocycles. The highest BCUT2D eigenvalue weighted by molar-refractivity contribution is 14.0. The number of rotatable bonds is 7. The topological polar surface area (TPSA) is 66.0 Å². The largest absolute Gasteiger partial charge is 0.492 e. The van der Waals surface area contributed by atoms with Gasteiger partial charge in [-0.25, -0.2) is 4.99 Å². The number of guanidine groups is 1. The third kappa shape index (κ3) is 7.57. The maximum atomic E-state index is 11.8. The predicted molar refractivity (Wildman–Crippen MR) is 117 cm³/mol. The van der Waals surface area contributed by atoms with E-state index in [0.717, 1.165) is 37.8 Å². The van der Waals surface area contributed by atoms with E-state index in [0.29, 0.717) is 24.6 Å². The van der Waals surface area contributed by atoms with Crippen LogP contribution in [0.2, 0.25) is 5.02 Å². The summed E-state index contributed by atoms with van der Waals surface area (Å²) in [6.45, 7) is 7.29. The minimum atomic E-state index is 0. The molecule has 1 saturated heterocycles. The van der Waals surface area contributed by atoms with Gasteiger partial charge in [0.2, 0.25) is 5.91 Å². The molecule has 0 spiro atoms. The maximum absolute atomic E-state index is 11.8. The number of nitrogens with zero attached hydrogens (tertiary/aromatic N) is 2. The fourth-order valence-corrected chi connectivity index (χ4v) is 2.82. The molecule has 1 unspecified atom stereocenters. The van der Waals surface area contributed by atoms with Crippen LogP contribution < -0.4 is 15.4 Å². The van der Waals surface area contributed by atoms with Crippen LogP contribution in [-0.2, 0) is 4.79 Å². The highest BCUT2D eigenvalue weighted by atomic mass is 127. The summed E-state index contributed by atoms with van der Waals surface area (Å²) in [6.07, 6.45) is 1.50. The molecule has 2 rings (SSSR count). The van der Waals surface area contributed by atoms with Crippen LogP contribution in [0.5, 0.6) is 5.75 Å².